The van der Waals surface area contributed by atoms with Gasteiger partial charge in [0.15, 0.2) is 0 Å². The summed E-state index contributed by atoms with van der Waals surface area (Å²) >= 11 is 5.43. The van der Waals surface area contributed by atoms with E-state index in [1.54, 1.807) is 0 Å². The molecule has 2 aliphatic carbocycles. The molecule has 1 saturated carbocycles. The van der Waals surface area contributed by atoms with Crippen molar-refractivity contribution < 1.29 is 0 Å². The van der Waals surface area contributed by atoms with Gasteiger partial charge < -0.3 is 4.98 Å². The van der Waals surface area contributed by atoms with E-state index in [1.165, 1.54) is 49.2 Å². The van der Waals surface area contributed by atoms with Gasteiger partial charge in [0.05, 0.1) is 0 Å². The Kier molecular flexibility index (Phi) is 3.03. The molecule has 1 aromatic heterocycles. The van der Waals surface area contributed by atoms with Gasteiger partial charge in [0, 0.05) is 17.2 Å². The fourth-order valence-electron chi connectivity index (χ4n) is 3.35. The van der Waals surface area contributed by atoms with Crippen molar-refractivity contribution in [1.29, 1.82) is 0 Å². The molecular weight excluding hydrogens is 228 g/mol. The standard InChI is InChI=1S/C14H20N2S/c1-9-4-2-5-10(8-9)13-15-12-7-3-6-11(12)14(17)16-13/h9-10H,2-8H2,1H3,(H,15,16,17). The van der Waals surface area contributed by atoms with Crippen molar-refractivity contribution in [3.8, 4) is 0 Å². The van der Waals surface area contributed by atoms with E-state index in [0.717, 1.165) is 23.4 Å². The highest BCUT2D eigenvalue weighted by molar-refractivity contribution is 7.71. The lowest BCUT2D eigenvalue weighted by Crippen LogP contribution is -2.15. The molecule has 0 radical (unpaired) electrons. The first-order chi connectivity index (χ1) is 8.24. The number of fused-ring (bicyclic) bond motifs is 1. The third kappa shape index (κ3) is 2.17. The maximum absolute atomic E-state index is 5.43. The molecule has 0 amide bonds. The van der Waals surface area contributed by atoms with Gasteiger partial charge in [-0.05, 0) is 38.0 Å². The maximum atomic E-state index is 5.43. The van der Waals surface area contributed by atoms with Gasteiger partial charge in [-0.3, -0.25) is 0 Å². The minimum Gasteiger partial charge on any atom is -0.347 e. The highest BCUT2D eigenvalue weighted by Crippen LogP contribution is 2.35. The molecule has 92 valence electrons. The van der Waals surface area contributed by atoms with Gasteiger partial charge in [0.1, 0.15) is 10.5 Å². The summed E-state index contributed by atoms with van der Waals surface area (Å²) < 4.78 is 0.865. The van der Waals surface area contributed by atoms with Gasteiger partial charge in [-0.1, -0.05) is 32.0 Å². The van der Waals surface area contributed by atoms with Crippen LogP contribution in [0.2, 0.25) is 0 Å². The Morgan fingerprint density at radius 1 is 1.24 bits per heavy atom. The summed E-state index contributed by atoms with van der Waals surface area (Å²) in [5.41, 5.74) is 2.69. The predicted molar refractivity (Wildman–Crippen MR) is 71.8 cm³/mol. The largest absolute Gasteiger partial charge is 0.347 e. The lowest BCUT2D eigenvalue weighted by atomic mass is 9.82. The molecule has 0 aromatic carbocycles. The number of nitrogens with zero attached hydrogens (tertiary/aromatic N) is 1. The van der Waals surface area contributed by atoms with E-state index < -0.39 is 0 Å². The number of aromatic amines is 1. The summed E-state index contributed by atoms with van der Waals surface area (Å²) in [5.74, 6) is 2.62. The van der Waals surface area contributed by atoms with E-state index in [1.807, 2.05) is 0 Å². The van der Waals surface area contributed by atoms with Crippen molar-refractivity contribution in [2.45, 2.75) is 57.8 Å². The molecule has 3 heteroatoms. The highest BCUT2D eigenvalue weighted by Gasteiger charge is 2.24. The smallest absolute Gasteiger partial charge is 0.133 e. The third-order valence-corrected chi connectivity index (χ3v) is 4.64. The molecule has 17 heavy (non-hydrogen) atoms. The molecule has 1 fully saturated rings. The van der Waals surface area contributed by atoms with Crippen molar-refractivity contribution in [2.24, 2.45) is 5.92 Å². The van der Waals surface area contributed by atoms with Gasteiger partial charge in [-0.2, -0.15) is 0 Å². The fraction of sp³-hybridized carbons (Fsp3) is 0.714. The summed E-state index contributed by atoms with van der Waals surface area (Å²) in [5, 5.41) is 0. The molecule has 0 aliphatic heterocycles. The van der Waals surface area contributed by atoms with Crippen LogP contribution in [0.15, 0.2) is 0 Å². The number of aryl methyl sites for hydroxylation is 1. The van der Waals surface area contributed by atoms with E-state index >= 15 is 0 Å². The van der Waals surface area contributed by atoms with Crippen LogP contribution >= 0.6 is 12.2 Å². The average molecular weight is 248 g/mol. The molecule has 2 aliphatic rings. The molecular formula is C14H20N2S. The van der Waals surface area contributed by atoms with Crippen molar-refractivity contribution in [3.05, 3.63) is 21.7 Å². The van der Waals surface area contributed by atoms with Crippen molar-refractivity contribution >= 4 is 12.2 Å². The van der Waals surface area contributed by atoms with E-state index in [9.17, 15) is 0 Å². The van der Waals surface area contributed by atoms with Gasteiger partial charge in [0.25, 0.3) is 0 Å². The second-order valence-corrected chi connectivity index (χ2v) is 6.09. The Hall–Kier alpha value is -0.700. The van der Waals surface area contributed by atoms with Gasteiger partial charge in [-0.15, -0.1) is 0 Å². The monoisotopic (exact) mass is 248 g/mol. The Labute approximate surface area is 108 Å². The van der Waals surface area contributed by atoms with E-state index in [-0.39, 0.29) is 0 Å². The first-order valence-electron chi connectivity index (χ1n) is 6.86. The van der Waals surface area contributed by atoms with E-state index in [0.29, 0.717) is 5.92 Å². The van der Waals surface area contributed by atoms with E-state index in [4.69, 9.17) is 12.2 Å². The van der Waals surface area contributed by atoms with Gasteiger partial charge in [-0.25, -0.2) is 4.98 Å². The minimum absolute atomic E-state index is 0.617. The zero-order chi connectivity index (χ0) is 11.8. The Bertz CT molecular complexity index is 478. The van der Waals surface area contributed by atoms with Crippen LogP contribution in [0.5, 0.6) is 0 Å². The summed E-state index contributed by atoms with van der Waals surface area (Å²) in [6.45, 7) is 2.36. The van der Waals surface area contributed by atoms with Crippen LogP contribution in [-0.4, -0.2) is 9.97 Å². The number of hydrogen-bond donors (Lipinski definition) is 1. The number of nitrogens with one attached hydrogen (secondary N) is 1. The second kappa shape index (κ2) is 4.52. The third-order valence-electron chi connectivity index (χ3n) is 4.30. The minimum atomic E-state index is 0.617. The molecule has 2 atom stereocenters. The number of hydrogen-bond acceptors (Lipinski definition) is 2. The summed E-state index contributed by atoms with van der Waals surface area (Å²) in [6, 6.07) is 0. The predicted octanol–water partition coefficient (Wildman–Crippen LogP) is 3.92. The van der Waals surface area contributed by atoms with Crippen LogP contribution in [0, 0.1) is 10.6 Å². The Morgan fingerprint density at radius 3 is 2.94 bits per heavy atom. The molecule has 2 nitrogen and oxygen atoms in total. The highest BCUT2D eigenvalue weighted by atomic mass is 32.1. The van der Waals surface area contributed by atoms with Gasteiger partial charge >= 0.3 is 0 Å². The Balaban J connectivity index is 1.93. The Morgan fingerprint density at radius 2 is 2.12 bits per heavy atom. The fourth-order valence-corrected chi connectivity index (χ4v) is 3.68. The van der Waals surface area contributed by atoms with Crippen LogP contribution in [0.4, 0.5) is 0 Å². The normalized spacial score (nSPS) is 28.1. The summed E-state index contributed by atoms with van der Waals surface area (Å²) in [7, 11) is 0. The quantitative estimate of drug-likeness (QED) is 0.763. The molecule has 1 N–H and O–H groups in total. The van der Waals surface area contributed by atoms with Crippen molar-refractivity contribution in [2.75, 3.05) is 0 Å². The number of rotatable bonds is 1. The van der Waals surface area contributed by atoms with Crippen LogP contribution in [0.25, 0.3) is 0 Å². The molecule has 2 unspecified atom stereocenters. The maximum Gasteiger partial charge on any atom is 0.133 e. The lowest BCUT2D eigenvalue weighted by molar-refractivity contribution is 0.334. The topological polar surface area (TPSA) is 28.7 Å². The van der Waals surface area contributed by atoms with Crippen LogP contribution in [0.1, 0.15) is 62.0 Å². The molecule has 0 bridgehead atoms. The summed E-state index contributed by atoms with van der Waals surface area (Å²) in [4.78, 5) is 8.24. The zero-order valence-corrected chi connectivity index (χ0v) is 11.3. The van der Waals surface area contributed by atoms with Crippen LogP contribution in [-0.2, 0) is 12.8 Å². The van der Waals surface area contributed by atoms with Crippen molar-refractivity contribution in [3.63, 3.8) is 0 Å². The molecule has 0 spiro atoms. The molecule has 1 heterocycles. The SMILES string of the molecule is CC1CCCC(c2nc(=S)c3c([nH]2)CCC3)C1. The molecule has 0 saturated heterocycles. The van der Waals surface area contributed by atoms with Crippen LogP contribution < -0.4 is 0 Å². The van der Waals surface area contributed by atoms with Gasteiger partial charge in [0.2, 0.25) is 0 Å². The van der Waals surface area contributed by atoms with Crippen LogP contribution in [0.3, 0.4) is 0 Å². The number of aromatic nitrogens is 2. The summed E-state index contributed by atoms with van der Waals surface area (Å²) in [6.07, 6.45) is 8.79. The second-order valence-electron chi connectivity index (χ2n) is 5.71. The lowest BCUT2D eigenvalue weighted by Gasteiger charge is -2.26. The first kappa shape index (κ1) is 11.4. The van der Waals surface area contributed by atoms with Crippen molar-refractivity contribution in [1.82, 2.24) is 9.97 Å². The van der Waals surface area contributed by atoms with E-state index in [2.05, 4.69) is 16.9 Å². The number of H-pyrrole nitrogens is 1. The average Bonchev–Trinajstić information content (AvgIpc) is 2.77. The molecule has 1 aromatic rings. The zero-order valence-electron chi connectivity index (χ0n) is 10.5. The molecule has 3 rings (SSSR count). The first-order valence-corrected chi connectivity index (χ1v) is 7.27.